The van der Waals surface area contributed by atoms with Gasteiger partial charge in [-0.15, -0.1) is 0 Å². The van der Waals surface area contributed by atoms with E-state index in [0.717, 1.165) is 12.1 Å². The van der Waals surface area contributed by atoms with Crippen molar-refractivity contribution < 1.29 is 4.39 Å². The molecule has 1 aromatic rings. The summed E-state index contributed by atoms with van der Waals surface area (Å²) < 4.78 is 12.8. The van der Waals surface area contributed by atoms with E-state index in [1.54, 1.807) is 6.07 Å². The highest BCUT2D eigenvalue weighted by molar-refractivity contribution is 5.09. The molecule has 0 aliphatic rings. The van der Waals surface area contributed by atoms with E-state index in [4.69, 9.17) is 0 Å². The molecule has 0 saturated carbocycles. The van der Waals surface area contributed by atoms with Crippen LogP contribution < -0.4 is 5.32 Å². The maximum atomic E-state index is 12.8. The lowest BCUT2D eigenvalue weighted by Crippen LogP contribution is -2.20. The van der Waals surface area contributed by atoms with Crippen LogP contribution in [0.4, 0.5) is 4.39 Å². The molecule has 0 bridgehead atoms. The predicted molar refractivity (Wildman–Crippen MR) is 69.2 cm³/mol. The first-order valence-corrected chi connectivity index (χ1v) is 6.31. The summed E-state index contributed by atoms with van der Waals surface area (Å²) in [5.74, 6) is 1.07. The van der Waals surface area contributed by atoms with E-state index < -0.39 is 0 Å². The zero-order valence-electron chi connectivity index (χ0n) is 11.2. The summed E-state index contributed by atoms with van der Waals surface area (Å²) in [6.07, 6.45) is 3.53. The Bertz CT molecular complexity index is 321. The third-order valence-electron chi connectivity index (χ3n) is 2.97. The van der Waals surface area contributed by atoms with Crippen molar-refractivity contribution in [3.8, 4) is 0 Å². The van der Waals surface area contributed by atoms with Crippen LogP contribution in [0, 0.1) is 17.7 Å². The van der Waals surface area contributed by atoms with Crippen molar-refractivity contribution in [3.05, 3.63) is 29.8 Å². The Morgan fingerprint density at radius 3 is 2.41 bits per heavy atom. The number of hydrogen-bond donors (Lipinski definition) is 1. The topological polar surface area (TPSA) is 24.9 Å². The molecule has 0 amide bonds. The Morgan fingerprint density at radius 1 is 1.24 bits per heavy atom. The van der Waals surface area contributed by atoms with Crippen LogP contribution in [0.15, 0.2) is 18.3 Å². The Kier molecular flexibility index (Phi) is 5.56. The minimum absolute atomic E-state index is 0.212. The Hall–Kier alpha value is -0.960. The molecular formula is C14H23FN2. The van der Waals surface area contributed by atoms with Gasteiger partial charge in [0.15, 0.2) is 0 Å². The van der Waals surface area contributed by atoms with E-state index in [1.165, 1.54) is 18.7 Å². The van der Waals surface area contributed by atoms with Gasteiger partial charge < -0.3 is 5.32 Å². The van der Waals surface area contributed by atoms with Gasteiger partial charge in [0.25, 0.3) is 0 Å². The van der Waals surface area contributed by atoms with Crippen molar-refractivity contribution in [2.45, 2.75) is 39.7 Å². The number of nitrogens with zero attached hydrogens (tertiary/aromatic N) is 1. The summed E-state index contributed by atoms with van der Waals surface area (Å²) in [7, 11) is 1.93. The highest BCUT2D eigenvalue weighted by Crippen LogP contribution is 2.23. The molecular weight excluding hydrogens is 215 g/mol. The van der Waals surface area contributed by atoms with Gasteiger partial charge in [0.1, 0.15) is 5.82 Å². The molecule has 0 aliphatic heterocycles. The number of halogens is 1. The fourth-order valence-electron chi connectivity index (χ4n) is 2.28. The lowest BCUT2D eigenvalue weighted by Gasteiger charge is -2.21. The minimum atomic E-state index is -0.279. The zero-order valence-corrected chi connectivity index (χ0v) is 11.2. The number of pyridine rings is 1. The van der Waals surface area contributed by atoms with Crippen molar-refractivity contribution in [1.29, 1.82) is 0 Å². The van der Waals surface area contributed by atoms with Crippen LogP contribution >= 0.6 is 0 Å². The number of aromatic nitrogens is 1. The third-order valence-corrected chi connectivity index (χ3v) is 2.97. The first-order chi connectivity index (χ1) is 8.02. The Balaban J connectivity index is 2.62. The molecule has 96 valence electrons. The van der Waals surface area contributed by atoms with Crippen LogP contribution in [0.3, 0.4) is 0 Å². The fraction of sp³-hybridized carbons (Fsp3) is 0.643. The molecule has 2 nitrogen and oxygen atoms in total. The van der Waals surface area contributed by atoms with Gasteiger partial charge in [0.05, 0.1) is 11.9 Å². The van der Waals surface area contributed by atoms with Crippen molar-refractivity contribution >= 4 is 0 Å². The number of rotatable bonds is 6. The quantitative estimate of drug-likeness (QED) is 0.819. The second-order valence-electron chi connectivity index (χ2n) is 5.21. The summed E-state index contributed by atoms with van der Waals surface area (Å²) in [6.45, 7) is 6.73. The third kappa shape index (κ3) is 4.82. The molecule has 17 heavy (non-hydrogen) atoms. The average Bonchev–Trinajstić information content (AvgIpc) is 2.26. The SMILES string of the molecule is CNC(CC(C)CC(C)C)c1ccc(F)cn1. The lowest BCUT2D eigenvalue weighted by molar-refractivity contribution is 0.363. The minimum Gasteiger partial charge on any atom is -0.312 e. The van der Waals surface area contributed by atoms with E-state index >= 15 is 0 Å². The second kappa shape index (κ2) is 6.70. The second-order valence-corrected chi connectivity index (χ2v) is 5.21. The maximum absolute atomic E-state index is 12.8. The standard InChI is InChI=1S/C14H23FN2/c1-10(2)7-11(3)8-14(16-4)13-6-5-12(15)9-17-13/h5-6,9-11,14,16H,7-8H2,1-4H3. The first kappa shape index (κ1) is 14.1. The van der Waals surface area contributed by atoms with Gasteiger partial charge >= 0.3 is 0 Å². The normalized spacial score (nSPS) is 14.9. The highest BCUT2D eigenvalue weighted by Gasteiger charge is 2.15. The molecule has 2 atom stereocenters. The molecule has 0 fully saturated rings. The zero-order chi connectivity index (χ0) is 12.8. The summed E-state index contributed by atoms with van der Waals surface area (Å²) >= 11 is 0. The molecule has 1 rings (SSSR count). The van der Waals surface area contributed by atoms with Gasteiger partial charge in [-0.25, -0.2) is 4.39 Å². The van der Waals surface area contributed by atoms with Crippen molar-refractivity contribution in [1.82, 2.24) is 10.3 Å². The Labute approximate surface area is 104 Å². The summed E-state index contributed by atoms with van der Waals surface area (Å²) in [5.41, 5.74) is 0.921. The van der Waals surface area contributed by atoms with Crippen LogP contribution in [0.25, 0.3) is 0 Å². The number of nitrogens with one attached hydrogen (secondary N) is 1. The molecule has 2 unspecified atom stereocenters. The molecule has 1 heterocycles. The molecule has 0 spiro atoms. The lowest BCUT2D eigenvalue weighted by atomic mass is 9.91. The van der Waals surface area contributed by atoms with E-state index in [-0.39, 0.29) is 11.9 Å². The average molecular weight is 238 g/mol. The fourth-order valence-corrected chi connectivity index (χ4v) is 2.28. The number of hydrogen-bond acceptors (Lipinski definition) is 2. The van der Waals surface area contributed by atoms with Crippen molar-refractivity contribution in [2.75, 3.05) is 7.05 Å². The van der Waals surface area contributed by atoms with Crippen molar-refractivity contribution in [2.24, 2.45) is 11.8 Å². The molecule has 1 aromatic heterocycles. The summed E-state index contributed by atoms with van der Waals surface area (Å²) in [4.78, 5) is 4.14. The summed E-state index contributed by atoms with van der Waals surface area (Å²) in [6, 6.07) is 3.45. The molecule has 0 aliphatic carbocycles. The monoisotopic (exact) mass is 238 g/mol. The van der Waals surface area contributed by atoms with Gasteiger partial charge in [-0.2, -0.15) is 0 Å². The molecule has 3 heteroatoms. The van der Waals surface area contributed by atoms with Gasteiger partial charge in [0, 0.05) is 6.04 Å². The van der Waals surface area contributed by atoms with Crippen LogP contribution in [-0.4, -0.2) is 12.0 Å². The Morgan fingerprint density at radius 2 is 1.94 bits per heavy atom. The van der Waals surface area contributed by atoms with Crippen molar-refractivity contribution in [3.63, 3.8) is 0 Å². The largest absolute Gasteiger partial charge is 0.312 e. The predicted octanol–water partition coefficient (Wildman–Crippen LogP) is 3.55. The van der Waals surface area contributed by atoms with E-state index in [9.17, 15) is 4.39 Å². The first-order valence-electron chi connectivity index (χ1n) is 6.31. The highest BCUT2D eigenvalue weighted by atomic mass is 19.1. The van der Waals surface area contributed by atoms with E-state index in [2.05, 4.69) is 31.1 Å². The molecule has 1 N–H and O–H groups in total. The smallest absolute Gasteiger partial charge is 0.141 e. The maximum Gasteiger partial charge on any atom is 0.141 e. The van der Waals surface area contributed by atoms with Crippen LogP contribution in [0.1, 0.15) is 45.3 Å². The molecule has 0 saturated heterocycles. The summed E-state index contributed by atoms with van der Waals surface area (Å²) in [5, 5.41) is 3.26. The van der Waals surface area contributed by atoms with Crippen LogP contribution in [-0.2, 0) is 0 Å². The van der Waals surface area contributed by atoms with E-state index in [0.29, 0.717) is 11.8 Å². The van der Waals surface area contributed by atoms with Crippen LogP contribution in [0.5, 0.6) is 0 Å². The molecule has 0 aromatic carbocycles. The van der Waals surface area contributed by atoms with Gasteiger partial charge in [-0.3, -0.25) is 4.98 Å². The van der Waals surface area contributed by atoms with Crippen LogP contribution in [0.2, 0.25) is 0 Å². The van der Waals surface area contributed by atoms with Gasteiger partial charge in [0.2, 0.25) is 0 Å². The van der Waals surface area contributed by atoms with Gasteiger partial charge in [-0.05, 0) is 43.9 Å². The molecule has 0 radical (unpaired) electrons. The van der Waals surface area contributed by atoms with E-state index in [1.807, 2.05) is 7.05 Å². The van der Waals surface area contributed by atoms with Gasteiger partial charge in [-0.1, -0.05) is 20.8 Å².